The predicted octanol–water partition coefficient (Wildman–Crippen LogP) is 2.93. The number of aryl methyl sites for hydroxylation is 2. The number of rotatable bonds is 4. The van der Waals surface area contributed by atoms with Gasteiger partial charge in [0.05, 0.1) is 15.5 Å². The van der Waals surface area contributed by atoms with Gasteiger partial charge in [-0.05, 0) is 56.3 Å². The van der Waals surface area contributed by atoms with E-state index in [0.29, 0.717) is 0 Å². The molecule has 0 fully saturated rings. The highest BCUT2D eigenvalue weighted by atomic mass is 32.2. The molecule has 1 aliphatic carbocycles. The molecule has 8 heteroatoms. The smallest absolute Gasteiger partial charge is 0.282 e. The largest absolute Gasteiger partial charge is 0.288 e. The lowest BCUT2D eigenvalue weighted by molar-refractivity contribution is -0.110. The number of hydrogen-bond acceptors (Lipinski definition) is 5. The summed E-state index contributed by atoms with van der Waals surface area (Å²) in [5.74, 6) is -0.729. The van der Waals surface area contributed by atoms with Gasteiger partial charge in [-0.15, -0.1) is 0 Å². The Morgan fingerprint density at radius 3 is 1.75 bits per heavy atom. The molecule has 0 heterocycles. The van der Waals surface area contributed by atoms with Gasteiger partial charge in [0.25, 0.3) is 10.0 Å². The van der Waals surface area contributed by atoms with Gasteiger partial charge in [-0.25, -0.2) is 8.42 Å². The van der Waals surface area contributed by atoms with Crippen molar-refractivity contribution in [3.05, 3.63) is 82.8 Å². The molecule has 1 aliphatic rings. The van der Waals surface area contributed by atoms with Crippen molar-refractivity contribution in [1.29, 1.82) is 0 Å². The number of sulfonamides is 1. The number of sulfone groups is 1. The summed E-state index contributed by atoms with van der Waals surface area (Å²) in [6, 6.07) is 12.1. The Kier molecular flexibility index (Phi) is 5.18. The van der Waals surface area contributed by atoms with Crippen LogP contribution in [0.15, 0.2) is 85.9 Å². The molecule has 0 amide bonds. The monoisotopic (exact) mass is 415 g/mol. The summed E-state index contributed by atoms with van der Waals surface area (Å²) in [5, 5.41) is 0. The topological polar surface area (TPSA) is 97.7 Å². The molecule has 0 bridgehead atoms. The SMILES string of the molecule is Cc1ccc(S(=O)(=O)N=C2C=CC(=O)C(S(=O)(=O)c3ccc(C)cc3)=C2)cc1. The van der Waals surface area contributed by atoms with E-state index in [1.54, 1.807) is 24.3 Å². The molecule has 3 rings (SSSR count). The van der Waals surface area contributed by atoms with E-state index in [4.69, 9.17) is 0 Å². The second-order valence-corrected chi connectivity index (χ2v) is 9.85. The van der Waals surface area contributed by atoms with Gasteiger partial charge in [0.1, 0.15) is 4.91 Å². The molecular weight excluding hydrogens is 398 g/mol. The molecule has 0 aliphatic heterocycles. The fraction of sp³-hybridized carbons (Fsp3) is 0.100. The Labute approximate surface area is 163 Å². The van der Waals surface area contributed by atoms with Crippen LogP contribution in [0.4, 0.5) is 0 Å². The van der Waals surface area contributed by atoms with Crippen molar-refractivity contribution in [2.45, 2.75) is 23.6 Å². The van der Waals surface area contributed by atoms with E-state index in [-0.39, 0.29) is 15.5 Å². The van der Waals surface area contributed by atoms with E-state index in [1.165, 1.54) is 30.3 Å². The first-order valence-corrected chi connectivity index (χ1v) is 11.2. The molecule has 2 aromatic carbocycles. The number of carbonyl (C=O) groups is 1. The maximum atomic E-state index is 12.8. The van der Waals surface area contributed by atoms with Crippen LogP contribution >= 0.6 is 0 Å². The first-order chi connectivity index (χ1) is 13.1. The Hall–Kier alpha value is -2.84. The lowest BCUT2D eigenvalue weighted by atomic mass is 10.2. The van der Waals surface area contributed by atoms with Crippen molar-refractivity contribution in [3.8, 4) is 0 Å². The van der Waals surface area contributed by atoms with E-state index < -0.39 is 30.5 Å². The van der Waals surface area contributed by atoms with Crippen LogP contribution in [-0.2, 0) is 24.7 Å². The van der Waals surface area contributed by atoms with Gasteiger partial charge >= 0.3 is 0 Å². The quantitative estimate of drug-likeness (QED) is 0.715. The van der Waals surface area contributed by atoms with Gasteiger partial charge in [0.2, 0.25) is 9.84 Å². The van der Waals surface area contributed by atoms with Crippen LogP contribution in [0.5, 0.6) is 0 Å². The van der Waals surface area contributed by atoms with Gasteiger partial charge in [0.15, 0.2) is 5.78 Å². The van der Waals surface area contributed by atoms with Crippen LogP contribution < -0.4 is 0 Å². The minimum atomic E-state index is -4.10. The van der Waals surface area contributed by atoms with Crippen molar-refractivity contribution < 1.29 is 21.6 Å². The summed E-state index contributed by atoms with van der Waals surface area (Å²) < 4.78 is 54.2. The number of allylic oxidation sites excluding steroid dienone is 4. The second kappa shape index (κ2) is 7.29. The molecule has 6 nitrogen and oxygen atoms in total. The molecule has 0 spiro atoms. The van der Waals surface area contributed by atoms with E-state index in [1.807, 2.05) is 13.8 Å². The number of carbonyl (C=O) groups excluding carboxylic acids is 1. The highest BCUT2D eigenvalue weighted by Crippen LogP contribution is 2.24. The maximum absolute atomic E-state index is 12.8. The summed E-state index contributed by atoms with van der Waals surface area (Å²) in [5.41, 5.74) is 1.63. The zero-order valence-corrected chi connectivity index (χ0v) is 16.8. The van der Waals surface area contributed by atoms with Gasteiger partial charge in [-0.1, -0.05) is 35.4 Å². The molecule has 0 unspecified atom stereocenters. The third-order valence-corrected chi connectivity index (χ3v) is 7.20. The first kappa shape index (κ1) is 19.9. The number of benzene rings is 2. The van der Waals surface area contributed by atoms with Crippen LogP contribution in [0, 0.1) is 13.8 Å². The van der Waals surface area contributed by atoms with Crippen LogP contribution in [0.2, 0.25) is 0 Å². The van der Waals surface area contributed by atoms with E-state index in [2.05, 4.69) is 4.40 Å². The minimum absolute atomic E-state index is 0.0211. The van der Waals surface area contributed by atoms with E-state index >= 15 is 0 Å². The minimum Gasteiger partial charge on any atom is -0.288 e. The molecule has 0 radical (unpaired) electrons. The normalized spacial score (nSPS) is 16.3. The van der Waals surface area contributed by atoms with Crippen molar-refractivity contribution in [3.63, 3.8) is 0 Å². The summed E-state index contributed by atoms with van der Waals surface area (Å²) >= 11 is 0. The first-order valence-electron chi connectivity index (χ1n) is 8.27. The molecule has 0 atom stereocenters. The summed E-state index contributed by atoms with van der Waals surface area (Å²) in [6.45, 7) is 3.63. The van der Waals surface area contributed by atoms with Gasteiger partial charge < -0.3 is 0 Å². The Bertz CT molecular complexity index is 1230. The highest BCUT2D eigenvalue weighted by Gasteiger charge is 2.28. The van der Waals surface area contributed by atoms with Crippen LogP contribution in [-0.4, -0.2) is 28.3 Å². The summed E-state index contributed by atoms with van der Waals surface area (Å²) in [7, 11) is -8.15. The van der Waals surface area contributed by atoms with E-state index in [9.17, 15) is 21.6 Å². The Morgan fingerprint density at radius 1 is 0.714 bits per heavy atom. The maximum Gasteiger partial charge on any atom is 0.282 e. The van der Waals surface area contributed by atoms with Gasteiger partial charge in [-0.2, -0.15) is 12.8 Å². The molecule has 2 aromatic rings. The van der Waals surface area contributed by atoms with Crippen LogP contribution in [0.3, 0.4) is 0 Å². The molecule has 0 saturated carbocycles. The van der Waals surface area contributed by atoms with Crippen LogP contribution in [0.1, 0.15) is 11.1 Å². The lowest BCUT2D eigenvalue weighted by Gasteiger charge is -2.10. The standard InChI is InChI=1S/C20H17NO5S2/c1-14-3-8-17(9-4-14)27(23,24)20-13-16(7-12-19(20)22)21-28(25,26)18-10-5-15(2)6-11-18/h3-13H,1-2H3. The number of nitrogens with zero attached hydrogens (tertiary/aromatic N) is 1. The van der Waals surface area contributed by atoms with E-state index in [0.717, 1.165) is 23.3 Å². The molecule has 0 aromatic heterocycles. The fourth-order valence-electron chi connectivity index (χ4n) is 2.51. The van der Waals surface area contributed by atoms with Crippen molar-refractivity contribution in [1.82, 2.24) is 0 Å². The van der Waals surface area contributed by atoms with Crippen LogP contribution in [0.25, 0.3) is 0 Å². The Morgan fingerprint density at radius 2 is 1.21 bits per heavy atom. The molecule has 0 N–H and O–H groups in total. The van der Waals surface area contributed by atoms with Crippen molar-refractivity contribution >= 4 is 31.4 Å². The third kappa shape index (κ3) is 4.02. The third-order valence-electron chi connectivity index (χ3n) is 4.09. The zero-order valence-electron chi connectivity index (χ0n) is 15.2. The molecule has 144 valence electrons. The second-order valence-electron chi connectivity index (χ2n) is 6.33. The molecule has 28 heavy (non-hydrogen) atoms. The van der Waals surface area contributed by atoms with Crippen molar-refractivity contribution in [2.75, 3.05) is 0 Å². The van der Waals surface area contributed by atoms with Gasteiger partial charge in [-0.3, -0.25) is 4.79 Å². The molecular formula is C20H17NO5S2. The average molecular weight is 415 g/mol. The number of hydrogen-bond donors (Lipinski definition) is 0. The lowest BCUT2D eigenvalue weighted by Crippen LogP contribution is -2.17. The predicted molar refractivity (Wildman–Crippen MR) is 106 cm³/mol. The molecule has 0 saturated heterocycles. The summed E-state index contributed by atoms with van der Waals surface area (Å²) in [6.07, 6.45) is 3.18. The zero-order chi connectivity index (χ0) is 20.5. The number of ketones is 1. The Balaban J connectivity index is 2.04. The fourth-order valence-corrected chi connectivity index (χ4v) is 4.84. The highest BCUT2D eigenvalue weighted by molar-refractivity contribution is 7.96. The summed E-state index contributed by atoms with van der Waals surface area (Å²) in [4.78, 5) is 11.6. The van der Waals surface area contributed by atoms with Gasteiger partial charge in [0, 0.05) is 0 Å². The average Bonchev–Trinajstić information content (AvgIpc) is 2.64. The van der Waals surface area contributed by atoms with Crippen molar-refractivity contribution in [2.24, 2.45) is 4.40 Å².